The second-order valence-electron chi connectivity index (χ2n) is 8.10. The van der Waals surface area contributed by atoms with Gasteiger partial charge in [-0.25, -0.2) is 0 Å². The lowest BCUT2D eigenvalue weighted by Gasteiger charge is -2.29. The molecule has 170 valence electrons. The number of amides is 4. The van der Waals surface area contributed by atoms with Crippen molar-refractivity contribution in [1.29, 1.82) is 0 Å². The molecule has 8 nitrogen and oxygen atoms in total. The fourth-order valence-electron chi connectivity index (χ4n) is 3.67. The first-order valence-corrected chi connectivity index (χ1v) is 11.1. The molecule has 0 saturated carbocycles. The summed E-state index contributed by atoms with van der Waals surface area (Å²) in [5.74, 6) is -1.83. The van der Waals surface area contributed by atoms with Gasteiger partial charge in [0.2, 0.25) is 23.6 Å². The molecule has 31 heavy (non-hydrogen) atoms. The largest absolute Gasteiger partial charge is 0.368 e. The molecule has 0 unspecified atom stereocenters. The van der Waals surface area contributed by atoms with Crippen LogP contribution in [0.2, 0.25) is 0 Å². The zero-order valence-electron chi connectivity index (χ0n) is 18.2. The molecule has 1 aliphatic heterocycles. The van der Waals surface area contributed by atoms with Crippen LogP contribution in [0.25, 0.3) is 0 Å². The second-order valence-corrected chi connectivity index (χ2v) is 8.10. The second kappa shape index (κ2) is 12.7. The van der Waals surface area contributed by atoms with Crippen molar-refractivity contribution in [3.8, 4) is 0 Å². The molecule has 1 aromatic rings. The van der Waals surface area contributed by atoms with Gasteiger partial charge in [-0.05, 0) is 12.0 Å². The minimum Gasteiger partial charge on any atom is -0.368 e. The number of hydrogen-bond acceptors (Lipinski definition) is 4. The van der Waals surface area contributed by atoms with Gasteiger partial charge in [-0.2, -0.15) is 0 Å². The van der Waals surface area contributed by atoms with E-state index in [0.717, 1.165) is 37.7 Å². The van der Waals surface area contributed by atoms with Gasteiger partial charge in [0.25, 0.3) is 0 Å². The lowest BCUT2D eigenvalue weighted by molar-refractivity contribution is -0.138. The number of nitrogens with two attached hydrogens (primary N) is 1. The molecule has 1 fully saturated rings. The van der Waals surface area contributed by atoms with E-state index in [-0.39, 0.29) is 12.3 Å². The molecule has 1 heterocycles. The molecule has 8 heteroatoms. The van der Waals surface area contributed by atoms with Crippen molar-refractivity contribution in [2.24, 2.45) is 5.73 Å². The molecule has 0 radical (unpaired) electrons. The van der Waals surface area contributed by atoms with Crippen molar-refractivity contribution in [3.05, 3.63) is 35.9 Å². The number of carbonyl (C=O) groups excluding carboxylic acids is 4. The molecule has 0 aliphatic carbocycles. The number of hydrogen-bond donors (Lipinski definition) is 4. The Morgan fingerprint density at radius 1 is 0.968 bits per heavy atom. The fraction of sp³-hybridized carbons (Fsp3) is 0.565. The average Bonchev–Trinajstić information content (AvgIpc) is 2.74. The molecule has 1 saturated heterocycles. The summed E-state index contributed by atoms with van der Waals surface area (Å²) in [4.78, 5) is 48.8. The first-order valence-electron chi connectivity index (χ1n) is 11.1. The van der Waals surface area contributed by atoms with Crippen LogP contribution >= 0.6 is 0 Å². The summed E-state index contributed by atoms with van der Waals surface area (Å²) in [5, 5.41) is 7.90. The Hall–Kier alpha value is -2.90. The van der Waals surface area contributed by atoms with Crippen LogP contribution < -0.4 is 21.7 Å². The van der Waals surface area contributed by atoms with E-state index in [1.165, 1.54) is 6.42 Å². The Labute approximate surface area is 183 Å². The average molecular weight is 431 g/mol. The zero-order chi connectivity index (χ0) is 22.6. The summed E-state index contributed by atoms with van der Waals surface area (Å²) >= 11 is 0. The number of unbranched alkanes of at least 4 members (excludes halogenated alkanes) is 5. The maximum atomic E-state index is 12.4. The van der Waals surface area contributed by atoms with Crippen molar-refractivity contribution < 1.29 is 19.2 Å². The van der Waals surface area contributed by atoms with Crippen LogP contribution in [0.5, 0.6) is 0 Å². The SMILES string of the molecule is CCCCCCCC[C@H](NC(=O)C[C@@H]1NC(=O)[C@H](Cc2ccccc2)NC1=O)C(N)=O. The summed E-state index contributed by atoms with van der Waals surface area (Å²) in [6.45, 7) is 2.15. The smallest absolute Gasteiger partial charge is 0.243 e. The topological polar surface area (TPSA) is 130 Å². The van der Waals surface area contributed by atoms with Gasteiger partial charge in [0, 0.05) is 6.42 Å². The monoisotopic (exact) mass is 430 g/mol. The standard InChI is InChI=1S/C23H34N4O4/c1-2-3-4-5-6-10-13-17(21(24)29)25-20(28)15-19-23(31)26-18(22(30)27-19)14-16-11-8-7-9-12-16/h7-9,11-12,17-19H,2-6,10,13-15H2,1H3,(H2,24,29)(H,25,28)(H,26,31)(H,27,30)/t17-,18-,19-/m0/s1. The van der Waals surface area contributed by atoms with Gasteiger partial charge in [-0.3, -0.25) is 19.2 Å². The third-order valence-corrected chi connectivity index (χ3v) is 5.46. The molecule has 4 amide bonds. The van der Waals surface area contributed by atoms with E-state index >= 15 is 0 Å². The van der Waals surface area contributed by atoms with Crippen LogP contribution in [0.1, 0.15) is 63.9 Å². The van der Waals surface area contributed by atoms with Crippen molar-refractivity contribution in [2.45, 2.75) is 82.8 Å². The summed E-state index contributed by atoms with van der Waals surface area (Å²) in [5.41, 5.74) is 6.35. The van der Waals surface area contributed by atoms with Crippen molar-refractivity contribution >= 4 is 23.6 Å². The number of nitrogens with one attached hydrogen (secondary N) is 3. The van der Waals surface area contributed by atoms with Crippen molar-refractivity contribution in [1.82, 2.24) is 16.0 Å². The molecule has 1 aromatic carbocycles. The first kappa shape index (κ1) is 24.4. The van der Waals surface area contributed by atoms with Gasteiger partial charge >= 0.3 is 0 Å². The Balaban J connectivity index is 1.79. The van der Waals surface area contributed by atoms with Gasteiger partial charge in [-0.1, -0.05) is 75.8 Å². The van der Waals surface area contributed by atoms with Crippen molar-refractivity contribution in [3.63, 3.8) is 0 Å². The number of rotatable bonds is 13. The third-order valence-electron chi connectivity index (χ3n) is 5.46. The fourth-order valence-corrected chi connectivity index (χ4v) is 3.67. The number of primary amides is 1. The third kappa shape index (κ3) is 8.39. The van der Waals surface area contributed by atoms with E-state index in [9.17, 15) is 19.2 Å². The highest BCUT2D eigenvalue weighted by atomic mass is 16.2. The first-order chi connectivity index (χ1) is 14.9. The van der Waals surface area contributed by atoms with Gasteiger partial charge < -0.3 is 21.7 Å². The van der Waals surface area contributed by atoms with E-state index in [4.69, 9.17) is 5.73 Å². The summed E-state index contributed by atoms with van der Waals surface area (Å²) in [6.07, 6.45) is 6.97. The molecule has 0 bridgehead atoms. The highest BCUT2D eigenvalue weighted by molar-refractivity contribution is 5.99. The molecular weight excluding hydrogens is 396 g/mol. The van der Waals surface area contributed by atoms with Gasteiger partial charge in [0.15, 0.2) is 0 Å². The maximum absolute atomic E-state index is 12.4. The van der Waals surface area contributed by atoms with Gasteiger partial charge in [-0.15, -0.1) is 0 Å². The predicted octanol–water partition coefficient (Wildman–Crippen LogP) is 1.32. The summed E-state index contributed by atoms with van der Waals surface area (Å²) in [7, 11) is 0. The lowest BCUT2D eigenvalue weighted by Crippen LogP contribution is -2.63. The normalized spacial score (nSPS) is 19.3. The van der Waals surface area contributed by atoms with Crippen LogP contribution in [0.4, 0.5) is 0 Å². The minimum absolute atomic E-state index is 0.240. The van der Waals surface area contributed by atoms with Crippen LogP contribution in [0, 0.1) is 0 Å². The highest BCUT2D eigenvalue weighted by Gasteiger charge is 2.35. The Bertz CT molecular complexity index is 753. The minimum atomic E-state index is -0.970. The molecular formula is C23H34N4O4. The van der Waals surface area contributed by atoms with Crippen LogP contribution in [0.3, 0.4) is 0 Å². The van der Waals surface area contributed by atoms with E-state index in [0.29, 0.717) is 12.8 Å². The van der Waals surface area contributed by atoms with E-state index in [1.807, 2.05) is 30.3 Å². The predicted molar refractivity (Wildman–Crippen MR) is 118 cm³/mol. The van der Waals surface area contributed by atoms with Gasteiger partial charge in [0.05, 0.1) is 6.42 Å². The summed E-state index contributed by atoms with van der Waals surface area (Å²) in [6, 6.07) is 6.95. The van der Waals surface area contributed by atoms with E-state index in [2.05, 4.69) is 22.9 Å². The van der Waals surface area contributed by atoms with Crippen molar-refractivity contribution in [2.75, 3.05) is 0 Å². The van der Waals surface area contributed by atoms with E-state index < -0.39 is 35.8 Å². The molecule has 1 aliphatic rings. The summed E-state index contributed by atoms with van der Waals surface area (Å²) < 4.78 is 0. The Kier molecular flexibility index (Phi) is 10.00. The molecule has 2 rings (SSSR count). The van der Waals surface area contributed by atoms with Crippen LogP contribution in [-0.2, 0) is 25.6 Å². The van der Waals surface area contributed by atoms with E-state index in [1.54, 1.807) is 0 Å². The molecule has 5 N–H and O–H groups in total. The van der Waals surface area contributed by atoms with Crippen LogP contribution in [-0.4, -0.2) is 41.8 Å². The maximum Gasteiger partial charge on any atom is 0.243 e. The van der Waals surface area contributed by atoms with Gasteiger partial charge in [0.1, 0.15) is 18.1 Å². The lowest BCUT2D eigenvalue weighted by atomic mass is 10.0. The molecule has 0 spiro atoms. The zero-order valence-corrected chi connectivity index (χ0v) is 18.2. The number of benzene rings is 1. The quantitative estimate of drug-likeness (QED) is 0.352. The number of carbonyl (C=O) groups is 4. The Morgan fingerprint density at radius 3 is 2.26 bits per heavy atom. The number of piperazine rings is 1. The highest BCUT2D eigenvalue weighted by Crippen LogP contribution is 2.11. The van der Waals surface area contributed by atoms with Crippen LogP contribution in [0.15, 0.2) is 30.3 Å². The Morgan fingerprint density at radius 2 is 1.58 bits per heavy atom. The molecule has 0 aromatic heterocycles. The molecule has 3 atom stereocenters.